The van der Waals surface area contributed by atoms with Crippen LogP contribution in [-0.2, 0) is 11.3 Å². The Balaban J connectivity index is 1.75. The van der Waals surface area contributed by atoms with E-state index in [1.165, 1.54) is 26.2 Å². The number of hydrogen-bond acceptors (Lipinski definition) is 4. The van der Waals surface area contributed by atoms with Crippen LogP contribution in [0.2, 0.25) is 0 Å². The summed E-state index contributed by atoms with van der Waals surface area (Å²) in [6, 6.07) is 0.379. The van der Waals surface area contributed by atoms with Crippen molar-refractivity contribution in [2.75, 3.05) is 39.8 Å². The number of nitrogens with zero attached hydrogens (tertiary/aromatic N) is 4. The SMILES string of the molecule is CC(C)[C@H](c1nnnn1C[C@H]1CCCO1)[NH+]1CC[NH+](C)CC1. The van der Waals surface area contributed by atoms with Crippen molar-refractivity contribution in [3.05, 3.63) is 5.82 Å². The molecule has 1 aromatic rings. The van der Waals surface area contributed by atoms with Crippen LogP contribution in [0.5, 0.6) is 0 Å². The van der Waals surface area contributed by atoms with Gasteiger partial charge in [0, 0.05) is 12.5 Å². The average molecular weight is 310 g/mol. The summed E-state index contributed by atoms with van der Waals surface area (Å²) in [5.74, 6) is 1.57. The molecule has 3 rings (SSSR count). The van der Waals surface area contributed by atoms with E-state index >= 15 is 0 Å². The summed E-state index contributed by atoms with van der Waals surface area (Å²) in [5.41, 5.74) is 0. The maximum absolute atomic E-state index is 5.75. The fraction of sp³-hybridized carbons (Fsp3) is 0.933. The zero-order valence-electron chi connectivity index (χ0n) is 14.1. The first-order valence-corrected chi connectivity index (χ1v) is 8.68. The number of likely N-dealkylation sites (N-methyl/N-ethyl adjacent to an activating group) is 1. The summed E-state index contributed by atoms with van der Waals surface area (Å²) in [5, 5.41) is 12.6. The Hall–Kier alpha value is -1.05. The highest BCUT2D eigenvalue weighted by Gasteiger charge is 2.36. The van der Waals surface area contributed by atoms with Crippen molar-refractivity contribution < 1.29 is 14.5 Å². The third-order valence-electron chi connectivity index (χ3n) is 5.09. The molecule has 0 bridgehead atoms. The molecule has 2 atom stereocenters. The van der Waals surface area contributed by atoms with Gasteiger partial charge in [-0.25, -0.2) is 4.68 Å². The first-order valence-electron chi connectivity index (χ1n) is 8.68. The van der Waals surface area contributed by atoms with Gasteiger partial charge >= 0.3 is 0 Å². The fourth-order valence-corrected chi connectivity index (χ4v) is 3.81. The first-order chi connectivity index (χ1) is 10.6. The predicted molar refractivity (Wildman–Crippen MR) is 81.7 cm³/mol. The quantitative estimate of drug-likeness (QED) is 0.658. The van der Waals surface area contributed by atoms with Crippen molar-refractivity contribution in [2.45, 2.75) is 45.4 Å². The van der Waals surface area contributed by atoms with Crippen molar-refractivity contribution >= 4 is 0 Å². The topological polar surface area (TPSA) is 61.7 Å². The third kappa shape index (κ3) is 3.47. The van der Waals surface area contributed by atoms with E-state index in [2.05, 4.69) is 36.4 Å². The van der Waals surface area contributed by atoms with Gasteiger partial charge in [0.25, 0.3) is 0 Å². The van der Waals surface area contributed by atoms with Gasteiger partial charge in [0.05, 0.1) is 19.7 Å². The lowest BCUT2D eigenvalue weighted by Gasteiger charge is -2.34. The molecule has 2 saturated heterocycles. The summed E-state index contributed by atoms with van der Waals surface area (Å²) in [7, 11) is 2.28. The van der Waals surface area contributed by atoms with Crippen molar-refractivity contribution in [1.82, 2.24) is 20.2 Å². The second kappa shape index (κ2) is 7.02. The normalized spacial score (nSPS) is 30.8. The van der Waals surface area contributed by atoms with Crippen molar-refractivity contribution in [3.8, 4) is 0 Å². The molecule has 2 N–H and O–H groups in total. The fourth-order valence-electron chi connectivity index (χ4n) is 3.81. The Morgan fingerprint density at radius 2 is 2.05 bits per heavy atom. The van der Waals surface area contributed by atoms with Gasteiger partial charge in [0.1, 0.15) is 26.2 Å². The summed E-state index contributed by atoms with van der Waals surface area (Å²) in [4.78, 5) is 3.26. The largest absolute Gasteiger partial charge is 0.376 e. The van der Waals surface area contributed by atoms with Crippen molar-refractivity contribution in [1.29, 1.82) is 0 Å². The molecule has 0 spiro atoms. The van der Waals surface area contributed by atoms with Crippen LogP contribution in [-0.4, -0.2) is 66.1 Å². The van der Waals surface area contributed by atoms with Gasteiger partial charge in [-0.2, -0.15) is 0 Å². The molecule has 2 aliphatic heterocycles. The number of hydrogen-bond donors (Lipinski definition) is 2. The van der Waals surface area contributed by atoms with Crippen LogP contribution >= 0.6 is 0 Å². The van der Waals surface area contributed by atoms with Gasteiger partial charge < -0.3 is 14.5 Å². The number of tetrazole rings is 1. The van der Waals surface area contributed by atoms with E-state index in [-0.39, 0.29) is 6.10 Å². The highest BCUT2D eigenvalue weighted by Crippen LogP contribution is 2.19. The zero-order valence-corrected chi connectivity index (χ0v) is 14.1. The molecule has 1 aromatic heterocycles. The molecule has 0 amide bonds. The minimum absolute atomic E-state index is 0.280. The molecule has 0 unspecified atom stereocenters. The number of piperazine rings is 1. The summed E-state index contributed by atoms with van der Waals surface area (Å²) >= 11 is 0. The van der Waals surface area contributed by atoms with Crippen LogP contribution in [0.3, 0.4) is 0 Å². The highest BCUT2D eigenvalue weighted by atomic mass is 16.5. The standard InChI is InChI=1S/C15H28N6O/c1-12(2)14(20-8-6-19(3)7-9-20)15-16-17-18-21(15)11-13-5-4-10-22-13/h12-14H,4-11H2,1-3H3/p+2/t13-,14-/m1/s1. The van der Waals surface area contributed by atoms with Gasteiger partial charge in [0.15, 0.2) is 6.04 Å². The van der Waals surface area contributed by atoms with Crippen LogP contribution in [0.1, 0.15) is 38.6 Å². The van der Waals surface area contributed by atoms with Crippen molar-refractivity contribution in [2.24, 2.45) is 5.92 Å². The lowest BCUT2D eigenvalue weighted by atomic mass is 10.0. The molecular weight excluding hydrogens is 280 g/mol. The molecule has 0 aliphatic carbocycles. The summed E-state index contributed by atoms with van der Waals surface area (Å²) in [6.07, 6.45) is 2.56. The van der Waals surface area contributed by atoms with Gasteiger partial charge in [-0.15, -0.1) is 5.10 Å². The van der Waals surface area contributed by atoms with Crippen LogP contribution in [0, 0.1) is 5.92 Å². The van der Waals surface area contributed by atoms with E-state index in [0.717, 1.165) is 31.8 Å². The Bertz CT molecular complexity index is 462. The maximum Gasteiger partial charge on any atom is 0.209 e. The zero-order chi connectivity index (χ0) is 15.5. The number of rotatable bonds is 5. The van der Waals surface area contributed by atoms with E-state index in [1.807, 2.05) is 4.68 Å². The Morgan fingerprint density at radius 1 is 1.27 bits per heavy atom. The Labute approximate surface area is 132 Å². The molecule has 2 aliphatic rings. The molecule has 0 radical (unpaired) electrons. The van der Waals surface area contributed by atoms with Crippen LogP contribution in [0.15, 0.2) is 0 Å². The van der Waals surface area contributed by atoms with Crippen LogP contribution < -0.4 is 9.80 Å². The molecule has 0 saturated carbocycles. The van der Waals surface area contributed by atoms with E-state index in [0.29, 0.717) is 12.0 Å². The smallest absolute Gasteiger partial charge is 0.209 e. The second-order valence-electron chi connectivity index (χ2n) is 7.19. The Kier molecular flexibility index (Phi) is 5.05. The van der Waals surface area contributed by atoms with Gasteiger partial charge in [-0.05, 0) is 23.3 Å². The highest BCUT2D eigenvalue weighted by molar-refractivity contribution is 4.90. The van der Waals surface area contributed by atoms with Crippen molar-refractivity contribution in [3.63, 3.8) is 0 Å². The minimum Gasteiger partial charge on any atom is -0.376 e. The lowest BCUT2D eigenvalue weighted by molar-refractivity contribution is -1.02. The molecule has 7 nitrogen and oxygen atoms in total. The molecule has 22 heavy (non-hydrogen) atoms. The summed E-state index contributed by atoms with van der Waals surface area (Å²) in [6.45, 7) is 11.1. The van der Waals surface area contributed by atoms with E-state index in [9.17, 15) is 0 Å². The number of ether oxygens (including phenoxy) is 1. The van der Waals surface area contributed by atoms with Gasteiger partial charge in [-0.1, -0.05) is 13.8 Å². The maximum atomic E-state index is 5.75. The number of aromatic nitrogens is 4. The molecule has 7 heteroatoms. The molecule has 0 aromatic carbocycles. The first kappa shape index (κ1) is 15.8. The van der Waals surface area contributed by atoms with Crippen LogP contribution in [0.4, 0.5) is 0 Å². The monoisotopic (exact) mass is 310 g/mol. The Morgan fingerprint density at radius 3 is 2.68 bits per heavy atom. The van der Waals surface area contributed by atoms with Gasteiger partial charge in [-0.3, -0.25) is 0 Å². The number of quaternary nitrogens is 2. The molecule has 3 heterocycles. The average Bonchev–Trinajstić information content (AvgIpc) is 3.14. The molecule has 124 valence electrons. The second-order valence-corrected chi connectivity index (χ2v) is 7.19. The van der Waals surface area contributed by atoms with E-state index in [4.69, 9.17) is 4.74 Å². The summed E-state index contributed by atoms with van der Waals surface area (Å²) < 4.78 is 7.75. The van der Waals surface area contributed by atoms with Crippen LogP contribution in [0.25, 0.3) is 0 Å². The van der Waals surface area contributed by atoms with E-state index < -0.39 is 0 Å². The molecular formula is C15H30N6O+2. The lowest BCUT2D eigenvalue weighted by Crippen LogP contribution is -3.27. The number of nitrogens with one attached hydrogen (secondary N) is 2. The van der Waals surface area contributed by atoms with E-state index in [1.54, 1.807) is 9.80 Å². The predicted octanol–water partition coefficient (Wildman–Crippen LogP) is -2.04. The van der Waals surface area contributed by atoms with Gasteiger partial charge in [0.2, 0.25) is 5.82 Å². The molecule has 2 fully saturated rings. The third-order valence-corrected chi connectivity index (χ3v) is 5.09. The minimum atomic E-state index is 0.280.